The SMILES string of the molecule is CNc1ncc(Br)c(NC2CC(C)C2)n1. The molecule has 0 saturated heterocycles. The summed E-state index contributed by atoms with van der Waals surface area (Å²) in [6, 6.07) is 0.566. The number of aromatic nitrogens is 2. The molecule has 2 rings (SSSR count). The zero-order valence-corrected chi connectivity index (χ0v) is 10.5. The molecule has 1 aliphatic carbocycles. The maximum absolute atomic E-state index is 4.36. The van der Waals surface area contributed by atoms with Crippen LogP contribution in [0.25, 0.3) is 0 Å². The second-order valence-corrected chi connectivity index (χ2v) is 4.91. The summed E-state index contributed by atoms with van der Waals surface area (Å²) >= 11 is 3.44. The number of nitrogens with zero attached hydrogens (tertiary/aromatic N) is 2. The van der Waals surface area contributed by atoms with Crippen LogP contribution in [0.15, 0.2) is 10.7 Å². The van der Waals surface area contributed by atoms with E-state index in [-0.39, 0.29) is 0 Å². The second-order valence-electron chi connectivity index (χ2n) is 4.06. The molecule has 0 unspecified atom stereocenters. The maximum atomic E-state index is 4.36. The van der Waals surface area contributed by atoms with Crippen LogP contribution in [0.2, 0.25) is 0 Å². The monoisotopic (exact) mass is 270 g/mol. The lowest BCUT2D eigenvalue weighted by Crippen LogP contribution is -2.34. The Labute approximate surface area is 98.0 Å². The number of hydrogen-bond donors (Lipinski definition) is 2. The van der Waals surface area contributed by atoms with E-state index in [1.807, 2.05) is 7.05 Å². The molecule has 2 N–H and O–H groups in total. The van der Waals surface area contributed by atoms with Crippen LogP contribution in [-0.2, 0) is 0 Å². The highest BCUT2D eigenvalue weighted by molar-refractivity contribution is 9.10. The summed E-state index contributed by atoms with van der Waals surface area (Å²) < 4.78 is 0.918. The van der Waals surface area contributed by atoms with E-state index in [0.717, 1.165) is 16.2 Å². The van der Waals surface area contributed by atoms with Crippen LogP contribution >= 0.6 is 15.9 Å². The fraction of sp³-hybridized carbons (Fsp3) is 0.600. The van der Waals surface area contributed by atoms with Gasteiger partial charge in [-0.15, -0.1) is 0 Å². The molecule has 15 heavy (non-hydrogen) atoms. The molecular formula is C10H15BrN4. The first-order valence-corrected chi connectivity index (χ1v) is 5.95. The highest BCUT2D eigenvalue weighted by Crippen LogP contribution is 2.31. The average molecular weight is 271 g/mol. The van der Waals surface area contributed by atoms with Gasteiger partial charge in [-0.3, -0.25) is 0 Å². The predicted octanol–water partition coefficient (Wildman–Crippen LogP) is 2.49. The minimum atomic E-state index is 0.566. The van der Waals surface area contributed by atoms with Crippen molar-refractivity contribution in [3.05, 3.63) is 10.7 Å². The summed E-state index contributed by atoms with van der Waals surface area (Å²) in [5.74, 6) is 2.37. The molecule has 0 aromatic carbocycles. The molecule has 4 nitrogen and oxygen atoms in total. The topological polar surface area (TPSA) is 49.8 Å². The number of halogens is 1. The molecule has 1 heterocycles. The molecule has 1 aliphatic rings. The van der Waals surface area contributed by atoms with Crippen molar-refractivity contribution in [3.8, 4) is 0 Å². The summed E-state index contributed by atoms with van der Waals surface area (Å²) in [4.78, 5) is 8.47. The zero-order valence-electron chi connectivity index (χ0n) is 8.92. The van der Waals surface area contributed by atoms with E-state index < -0.39 is 0 Å². The third kappa shape index (κ3) is 2.40. The van der Waals surface area contributed by atoms with E-state index in [1.54, 1.807) is 6.20 Å². The minimum absolute atomic E-state index is 0.566. The Bertz CT molecular complexity index is 349. The van der Waals surface area contributed by atoms with Gasteiger partial charge in [0.05, 0.1) is 4.47 Å². The van der Waals surface area contributed by atoms with Crippen LogP contribution in [-0.4, -0.2) is 23.1 Å². The molecule has 0 bridgehead atoms. The summed E-state index contributed by atoms with van der Waals surface area (Å²) in [5.41, 5.74) is 0. The third-order valence-electron chi connectivity index (χ3n) is 2.68. The predicted molar refractivity (Wildman–Crippen MR) is 65.1 cm³/mol. The average Bonchev–Trinajstić information content (AvgIpc) is 2.19. The van der Waals surface area contributed by atoms with E-state index in [2.05, 4.69) is 43.5 Å². The zero-order chi connectivity index (χ0) is 10.8. The number of rotatable bonds is 3. The molecule has 0 aliphatic heterocycles. The van der Waals surface area contributed by atoms with Crippen molar-refractivity contribution in [3.63, 3.8) is 0 Å². The number of hydrogen-bond acceptors (Lipinski definition) is 4. The van der Waals surface area contributed by atoms with Gasteiger partial charge in [-0.05, 0) is 34.7 Å². The van der Waals surface area contributed by atoms with Crippen molar-refractivity contribution >= 4 is 27.7 Å². The van der Waals surface area contributed by atoms with Gasteiger partial charge in [-0.1, -0.05) is 6.92 Å². The van der Waals surface area contributed by atoms with Gasteiger partial charge in [0.15, 0.2) is 0 Å². The van der Waals surface area contributed by atoms with Gasteiger partial charge in [-0.25, -0.2) is 4.98 Å². The van der Waals surface area contributed by atoms with Crippen LogP contribution in [0.3, 0.4) is 0 Å². The van der Waals surface area contributed by atoms with E-state index in [0.29, 0.717) is 12.0 Å². The van der Waals surface area contributed by atoms with Gasteiger partial charge in [-0.2, -0.15) is 4.98 Å². The molecule has 0 amide bonds. The van der Waals surface area contributed by atoms with Gasteiger partial charge in [0, 0.05) is 19.3 Å². The molecule has 0 spiro atoms. The molecule has 1 aromatic rings. The first kappa shape index (κ1) is 10.7. The molecule has 1 aromatic heterocycles. The molecule has 1 saturated carbocycles. The lowest BCUT2D eigenvalue weighted by molar-refractivity contribution is 0.308. The van der Waals surface area contributed by atoms with E-state index in [9.17, 15) is 0 Å². The molecule has 0 radical (unpaired) electrons. The smallest absolute Gasteiger partial charge is 0.224 e. The van der Waals surface area contributed by atoms with E-state index >= 15 is 0 Å². The van der Waals surface area contributed by atoms with Crippen LogP contribution < -0.4 is 10.6 Å². The Balaban J connectivity index is 2.06. The molecule has 0 atom stereocenters. The Hall–Kier alpha value is -0.840. The number of anilines is 2. The van der Waals surface area contributed by atoms with Crippen molar-refractivity contribution < 1.29 is 0 Å². The van der Waals surface area contributed by atoms with E-state index in [1.165, 1.54) is 12.8 Å². The van der Waals surface area contributed by atoms with Gasteiger partial charge < -0.3 is 10.6 Å². The van der Waals surface area contributed by atoms with Gasteiger partial charge in [0.2, 0.25) is 5.95 Å². The summed E-state index contributed by atoms with van der Waals surface area (Å²) in [6.45, 7) is 2.27. The lowest BCUT2D eigenvalue weighted by Gasteiger charge is -2.33. The fourth-order valence-electron chi connectivity index (χ4n) is 1.80. The first-order valence-electron chi connectivity index (χ1n) is 5.16. The Morgan fingerprint density at radius 2 is 2.20 bits per heavy atom. The molecule has 5 heteroatoms. The summed E-state index contributed by atoms with van der Waals surface area (Å²) in [5, 5.41) is 6.34. The van der Waals surface area contributed by atoms with E-state index in [4.69, 9.17) is 0 Å². The van der Waals surface area contributed by atoms with Gasteiger partial charge in [0.1, 0.15) is 5.82 Å². The highest BCUT2D eigenvalue weighted by atomic mass is 79.9. The quantitative estimate of drug-likeness (QED) is 0.886. The molecule has 1 fully saturated rings. The van der Waals surface area contributed by atoms with Crippen molar-refractivity contribution in [1.82, 2.24) is 9.97 Å². The highest BCUT2D eigenvalue weighted by Gasteiger charge is 2.25. The fourth-order valence-corrected chi connectivity index (χ4v) is 2.11. The summed E-state index contributed by atoms with van der Waals surface area (Å²) in [6.07, 6.45) is 4.22. The second kappa shape index (κ2) is 4.35. The summed E-state index contributed by atoms with van der Waals surface area (Å²) in [7, 11) is 1.82. The maximum Gasteiger partial charge on any atom is 0.224 e. The minimum Gasteiger partial charge on any atom is -0.366 e. The Kier molecular flexibility index (Phi) is 3.09. The normalized spacial score (nSPS) is 24.5. The van der Waals surface area contributed by atoms with Gasteiger partial charge >= 0.3 is 0 Å². The molecule has 82 valence electrons. The van der Waals surface area contributed by atoms with Crippen molar-refractivity contribution in [1.29, 1.82) is 0 Å². The van der Waals surface area contributed by atoms with Crippen LogP contribution in [0.5, 0.6) is 0 Å². The Morgan fingerprint density at radius 1 is 1.47 bits per heavy atom. The Morgan fingerprint density at radius 3 is 2.80 bits per heavy atom. The number of nitrogens with one attached hydrogen (secondary N) is 2. The molecular weight excluding hydrogens is 256 g/mol. The van der Waals surface area contributed by atoms with Gasteiger partial charge in [0.25, 0.3) is 0 Å². The lowest BCUT2D eigenvalue weighted by atomic mass is 9.82. The largest absolute Gasteiger partial charge is 0.366 e. The third-order valence-corrected chi connectivity index (χ3v) is 3.26. The van der Waals surface area contributed by atoms with Crippen molar-refractivity contribution in [2.45, 2.75) is 25.8 Å². The van der Waals surface area contributed by atoms with Crippen LogP contribution in [0.4, 0.5) is 11.8 Å². The van der Waals surface area contributed by atoms with Crippen molar-refractivity contribution in [2.75, 3.05) is 17.7 Å². The van der Waals surface area contributed by atoms with Crippen molar-refractivity contribution in [2.24, 2.45) is 5.92 Å². The van der Waals surface area contributed by atoms with Crippen LogP contribution in [0.1, 0.15) is 19.8 Å². The standard InChI is InChI=1S/C10H15BrN4/c1-6-3-7(4-6)14-9-8(11)5-13-10(12-2)15-9/h5-7H,3-4H2,1-2H3,(H2,12,13,14,15). The first-order chi connectivity index (χ1) is 7.19. The van der Waals surface area contributed by atoms with Crippen LogP contribution in [0, 0.1) is 5.92 Å².